The molecule has 0 saturated carbocycles. The van der Waals surface area contributed by atoms with Crippen LogP contribution in [0.25, 0.3) is 43.4 Å². The van der Waals surface area contributed by atoms with Gasteiger partial charge in [0.25, 0.3) is 0 Å². The Bertz CT molecular complexity index is 1230. The lowest BCUT2D eigenvalue weighted by Crippen LogP contribution is -1.89. The molecule has 5 rings (SSSR count). The van der Waals surface area contributed by atoms with Crippen LogP contribution < -0.4 is 0 Å². The molecule has 0 aliphatic heterocycles. The van der Waals surface area contributed by atoms with Crippen LogP contribution >= 0.6 is 0 Å². The first-order valence-corrected chi connectivity index (χ1v) is 10.1. The van der Waals surface area contributed by atoms with Crippen molar-refractivity contribution in [3.8, 4) is 0 Å². The summed E-state index contributed by atoms with van der Waals surface area (Å²) >= 11 is 0. The second kappa shape index (κ2) is 8.93. The Morgan fingerprint density at radius 3 is 1.68 bits per heavy atom. The molecule has 0 amide bonds. The third-order valence-corrected chi connectivity index (χ3v) is 5.20. The van der Waals surface area contributed by atoms with Crippen LogP contribution in [0.5, 0.6) is 0 Å². The minimum Gasteiger partial charge on any atom is -0.354 e. The molecule has 0 spiro atoms. The van der Waals surface area contributed by atoms with E-state index in [4.69, 9.17) is 0 Å². The second-order valence-electron chi connectivity index (χ2n) is 6.38. The number of aromatic nitrogens is 1. The number of aromatic amines is 1. The fourth-order valence-electron chi connectivity index (χ4n) is 4.04. The second-order valence-corrected chi connectivity index (χ2v) is 6.38. The number of para-hydroxylation sites is 1. The largest absolute Gasteiger partial charge is 0.354 e. The molecule has 1 nitrogen and oxygen atoms in total. The van der Waals surface area contributed by atoms with Gasteiger partial charge in [-0.3, -0.25) is 0 Å². The molecule has 0 aliphatic rings. The summed E-state index contributed by atoms with van der Waals surface area (Å²) < 4.78 is 0. The number of rotatable bonds is 0. The minimum atomic E-state index is 0. The number of fused-ring (bicyclic) bond motifs is 6. The Morgan fingerprint density at radius 1 is 0.536 bits per heavy atom. The van der Waals surface area contributed by atoms with Crippen LogP contribution in [-0.4, -0.2) is 4.98 Å². The van der Waals surface area contributed by atoms with Gasteiger partial charge in [0.1, 0.15) is 0 Å². The SMILES string of the molecule is C.CC.CC.Cc1c2ccccc2c(C)c2c1ccc1c3ccccc3[nH]c12. The number of hydrogen-bond donors (Lipinski definition) is 1. The Balaban J connectivity index is 0.000000529. The third-order valence-electron chi connectivity index (χ3n) is 5.20. The van der Waals surface area contributed by atoms with Gasteiger partial charge in [0.2, 0.25) is 0 Å². The van der Waals surface area contributed by atoms with Crippen molar-refractivity contribution < 1.29 is 0 Å². The monoisotopic (exact) mass is 371 g/mol. The number of hydrogen-bond acceptors (Lipinski definition) is 0. The lowest BCUT2D eigenvalue weighted by atomic mass is 9.92. The number of H-pyrrole nitrogens is 1. The number of benzene rings is 4. The van der Waals surface area contributed by atoms with E-state index in [0.717, 1.165) is 0 Å². The molecule has 1 N–H and O–H groups in total. The molecule has 1 heteroatoms. The summed E-state index contributed by atoms with van der Waals surface area (Å²) in [6, 6.07) is 21.8. The Labute approximate surface area is 169 Å². The van der Waals surface area contributed by atoms with Crippen molar-refractivity contribution in [3.63, 3.8) is 0 Å². The first-order chi connectivity index (χ1) is 13.3. The normalized spacial score (nSPS) is 10.2. The molecule has 0 fully saturated rings. The van der Waals surface area contributed by atoms with Gasteiger partial charge in [0, 0.05) is 21.7 Å². The van der Waals surface area contributed by atoms with Gasteiger partial charge in [-0.15, -0.1) is 0 Å². The van der Waals surface area contributed by atoms with Gasteiger partial charge < -0.3 is 4.98 Å². The van der Waals surface area contributed by atoms with E-state index >= 15 is 0 Å². The van der Waals surface area contributed by atoms with Crippen LogP contribution in [-0.2, 0) is 0 Å². The van der Waals surface area contributed by atoms with E-state index in [1.807, 2.05) is 27.7 Å². The highest BCUT2D eigenvalue weighted by Gasteiger charge is 2.13. The van der Waals surface area contributed by atoms with Crippen LogP contribution in [0, 0.1) is 13.8 Å². The Kier molecular flexibility index (Phi) is 6.85. The molecule has 0 atom stereocenters. The maximum atomic E-state index is 3.65. The predicted molar refractivity (Wildman–Crippen MR) is 130 cm³/mol. The third kappa shape index (κ3) is 3.16. The molecule has 146 valence electrons. The van der Waals surface area contributed by atoms with E-state index < -0.39 is 0 Å². The van der Waals surface area contributed by atoms with Gasteiger partial charge in [-0.05, 0) is 47.2 Å². The molecule has 0 saturated heterocycles. The molecule has 0 bridgehead atoms. The summed E-state index contributed by atoms with van der Waals surface area (Å²) in [5, 5.41) is 8.02. The highest BCUT2D eigenvalue weighted by molar-refractivity contribution is 6.21. The minimum absolute atomic E-state index is 0. The average molecular weight is 372 g/mol. The van der Waals surface area contributed by atoms with Crippen LogP contribution in [0.3, 0.4) is 0 Å². The lowest BCUT2D eigenvalue weighted by molar-refractivity contribution is 1.50. The highest BCUT2D eigenvalue weighted by Crippen LogP contribution is 2.38. The van der Waals surface area contributed by atoms with Crippen molar-refractivity contribution in [1.29, 1.82) is 0 Å². The van der Waals surface area contributed by atoms with E-state index in [1.165, 1.54) is 54.5 Å². The summed E-state index contributed by atoms with van der Waals surface area (Å²) in [5.41, 5.74) is 5.19. The Hall–Kier alpha value is -2.80. The first kappa shape index (κ1) is 21.5. The molecule has 1 aromatic heterocycles. The quantitative estimate of drug-likeness (QED) is 0.261. The molecule has 4 aromatic carbocycles. The zero-order chi connectivity index (χ0) is 19.6. The van der Waals surface area contributed by atoms with Gasteiger partial charge in [0.05, 0.1) is 5.52 Å². The molecule has 0 unspecified atom stereocenters. The van der Waals surface area contributed by atoms with E-state index in [0.29, 0.717) is 0 Å². The maximum absolute atomic E-state index is 3.65. The van der Waals surface area contributed by atoms with Crippen molar-refractivity contribution in [2.45, 2.75) is 49.0 Å². The predicted octanol–water partition coefficient (Wildman–Crippen LogP) is 8.93. The van der Waals surface area contributed by atoms with E-state index in [1.54, 1.807) is 0 Å². The molecule has 5 aromatic rings. The summed E-state index contributed by atoms with van der Waals surface area (Å²) in [4.78, 5) is 3.65. The van der Waals surface area contributed by atoms with Gasteiger partial charge in [0.15, 0.2) is 0 Å². The van der Waals surface area contributed by atoms with E-state index in [2.05, 4.69) is 79.5 Å². The lowest BCUT2D eigenvalue weighted by Gasteiger charge is -2.12. The summed E-state index contributed by atoms with van der Waals surface area (Å²) in [5.74, 6) is 0. The Morgan fingerprint density at radius 2 is 1.04 bits per heavy atom. The number of nitrogens with one attached hydrogen (secondary N) is 1. The molecular weight excluding hydrogens is 338 g/mol. The molecule has 0 radical (unpaired) electrons. The zero-order valence-corrected chi connectivity index (χ0v) is 17.3. The smallest absolute Gasteiger partial charge is 0.0547 e. The fraction of sp³-hybridized carbons (Fsp3) is 0.259. The van der Waals surface area contributed by atoms with Crippen LogP contribution in [0.4, 0.5) is 0 Å². The van der Waals surface area contributed by atoms with Gasteiger partial charge in [-0.1, -0.05) is 89.7 Å². The molecule has 1 heterocycles. The van der Waals surface area contributed by atoms with Crippen molar-refractivity contribution in [1.82, 2.24) is 4.98 Å². The van der Waals surface area contributed by atoms with Crippen LogP contribution in [0.1, 0.15) is 46.2 Å². The van der Waals surface area contributed by atoms with Crippen molar-refractivity contribution in [2.75, 3.05) is 0 Å². The van der Waals surface area contributed by atoms with Crippen molar-refractivity contribution in [2.24, 2.45) is 0 Å². The van der Waals surface area contributed by atoms with Crippen molar-refractivity contribution >= 4 is 43.4 Å². The summed E-state index contributed by atoms with van der Waals surface area (Å²) in [7, 11) is 0. The molecule has 0 aliphatic carbocycles. The standard InChI is InChI=1S/C22H17N.2C2H6.CH4/c1-13-15-7-3-4-8-16(15)14(2)21-17(13)11-12-19-18-9-5-6-10-20(18)23-22(19)21;2*1-2;/h3-12,23H,1-2H3;2*1-2H3;1H4. The van der Waals surface area contributed by atoms with Gasteiger partial charge in [-0.2, -0.15) is 0 Å². The summed E-state index contributed by atoms with van der Waals surface area (Å²) in [6.07, 6.45) is 0. The average Bonchev–Trinajstić information content (AvgIpc) is 3.13. The number of aryl methyl sites for hydroxylation is 2. The van der Waals surface area contributed by atoms with E-state index in [-0.39, 0.29) is 7.43 Å². The summed E-state index contributed by atoms with van der Waals surface area (Å²) in [6.45, 7) is 12.5. The van der Waals surface area contributed by atoms with Crippen LogP contribution in [0.2, 0.25) is 0 Å². The molecular formula is C27H33N. The molecule has 28 heavy (non-hydrogen) atoms. The topological polar surface area (TPSA) is 15.8 Å². The maximum Gasteiger partial charge on any atom is 0.0547 e. The van der Waals surface area contributed by atoms with Crippen molar-refractivity contribution in [3.05, 3.63) is 71.8 Å². The fourth-order valence-corrected chi connectivity index (χ4v) is 4.04. The zero-order valence-electron chi connectivity index (χ0n) is 17.3. The first-order valence-electron chi connectivity index (χ1n) is 10.1. The van der Waals surface area contributed by atoms with Crippen LogP contribution in [0.15, 0.2) is 60.7 Å². The van der Waals surface area contributed by atoms with E-state index in [9.17, 15) is 0 Å². The van der Waals surface area contributed by atoms with Gasteiger partial charge in [-0.25, -0.2) is 0 Å². The van der Waals surface area contributed by atoms with Gasteiger partial charge >= 0.3 is 0 Å². The highest BCUT2D eigenvalue weighted by atomic mass is 14.7.